The molecule has 0 aliphatic carbocycles. The zero-order chi connectivity index (χ0) is 18.8. The maximum Gasteiger partial charge on any atom is 0.254 e. The number of benzene rings is 1. The van der Waals surface area contributed by atoms with Crippen LogP contribution in [-0.4, -0.2) is 38.1 Å². The first kappa shape index (κ1) is 17.9. The third-order valence-corrected chi connectivity index (χ3v) is 5.29. The van der Waals surface area contributed by atoms with E-state index in [2.05, 4.69) is 0 Å². The summed E-state index contributed by atoms with van der Waals surface area (Å²) in [5, 5.41) is 0. The van der Waals surface area contributed by atoms with Crippen LogP contribution in [0.25, 0.3) is 11.3 Å². The summed E-state index contributed by atoms with van der Waals surface area (Å²) in [6.07, 6.45) is 4.12. The Balaban J connectivity index is 1.69. The smallest absolute Gasteiger partial charge is 0.254 e. The second kappa shape index (κ2) is 7.64. The van der Waals surface area contributed by atoms with E-state index in [1.54, 1.807) is 24.9 Å². The third kappa shape index (κ3) is 3.54. The summed E-state index contributed by atoms with van der Waals surface area (Å²) in [7, 11) is 3.27. The standard InChI is InChI=1S/C21H25NO5/c1-24-16-9-14-6-7-22-18(21(14)19(11-16)25-2)10-17(12-20(22)23)27-13-15-5-3-4-8-26-15/h9-12,15H,3-8,13H2,1-2H3. The summed E-state index contributed by atoms with van der Waals surface area (Å²) >= 11 is 0. The molecule has 0 spiro atoms. The highest BCUT2D eigenvalue weighted by atomic mass is 16.5. The summed E-state index contributed by atoms with van der Waals surface area (Å²) in [6.45, 7) is 1.88. The van der Waals surface area contributed by atoms with Gasteiger partial charge in [-0.2, -0.15) is 0 Å². The lowest BCUT2D eigenvalue weighted by atomic mass is 9.95. The van der Waals surface area contributed by atoms with E-state index in [0.29, 0.717) is 24.7 Å². The summed E-state index contributed by atoms with van der Waals surface area (Å²) < 4.78 is 24.4. The third-order valence-electron chi connectivity index (χ3n) is 5.29. The molecule has 1 saturated heterocycles. The predicted molar refractivity (Wildman–Crippen MR) is 102 cm³/mol. The van der Waals surface area contributed by atoms with Crippen LogP contribution in [0.5, 0.6) is 17.2 Å². The molecule has 0 amide bonds. The molecule has 6 nitrogen and oxygen atoms in total. The normalized spacial score (nSPS) is 18.4. The van der Waals surface area contributed by atoms with Crippen LogP contribution in [0.2, 0.25) is 0 Å². The minimum Gasteiger partial charge on any atom is -0.497 e. The largest absolute Gasteiger partial charge is 0.497 e. The minimum atomic E-state index is -0.0596. The molecule has 1 unspecified atom stereocenters. The van der Waals surface area contributed by atoms with Gasteiger partial charge in [0, 0.05) is 36.9 Å². The summed E-state index contributed by atoms with van der Waals surface area (Å²) in [4.78, 5) is 12.7. The number of ether oxygens (including phenoxy) is 4. The van der Waals surface area contributed by atoms with Gasteiger partial charge in [-0.3, -0.25) is 4.79 Å². The molecule has 4 rings (SSSR count). The first-order chi connectivity index (χ1) is 13.2. The van der Waals surface area contributed by atoms with E-state index in [-0.39, 0.29) is 11.7 Å². The average molecular weight is 371 g/mol. The lowest BCUT2D eigenvalue weighted by Crippen LogP contribution is -2.28. The number of fused-ring (bicyclic) bond motifs is 3. The molecule has 0 saturated carbocycles. The van der Waals surface area contributed by atoms with Crippen LogP contribution < -0.4 is 19.8 Å². The van der Waals surface area contributed by atoms with Gasteiger partial charge < -0.3 is 23.5 Å². The zero-order valence-electron chi connectivity index (χ0n) is 15.8. The molecule has 27 heavy (non-hydrogen) atoms. The number of aromatic nitrogens is 1. The quantitative estimate of drug-likeness (QED) is 0.809. The Morgan fingerprint density at radius 2 is 2.00 bits per heavy atom. The molecule has 0 bridgehead atoms. The van der Waals surface area contributed by atoms with E-state index < -0.39 is 0 Å². The Bertz CT molecular complexity index is 866. The van der Waals surface area contributed by atoms with Crippen LogP contribution >= 0.6 is 0 Å². The molecule has 6 heteroatoms. The summed E-state index contributed by atoms with van der Waals surface area (Å²) in [6, 6.07) is 7.35. The highest BCUT2D eigenvalue weighted by Crippen LogP contribution is 2.40. The maximum atomic E-state index is 12.7. The molecule has 3 heterocycles. The van der Waals surface area contributed by atoms with Gasteiger partial charge in [0.25, 0.3) is 5.56 Å². The molecule has 1 fully saturated rings. The van der Waals surface area contributed by atoms with Crippen molar-refractivity contribution in [2.45, 2.75) is 38.3 Å². The Kier molecular flexibility index (Phi) is 5.07. The highest BCUT2D eigenvalue weighted by molar-refractivity contribution is 5.75. The highest BCUT2D eigenvalue weighted by Gasteiger charge is 2.23. The van der Waals surface area contributed by atoms with Crippen LogP contribution in [0, 0.1) is 0 Å². The number of methoxy groups -OCH3 is 2. The Morgan fingerprint density at radius 3 is 2.74 bits per heavy atom. The first-order valence-electron chi connectivity index (χ1n) is 9.44. The first-order valence-corrected chi connectivity index (χ1v) is 9.44. The fraction of sp³-hybridized carbons (Fsp3) is 0.476. The lowest BCUT2D eigenvalue weighted by Gasteiger charge is -2.26. The van der Waals surface area contributed by atoms with Crippen LogP contribution in [0.3, 0.4) is 0 Å². The number of rotatable bonds is 5. The van der Waals surface area contributed by atoms with Crippen LogP contribution in [0.4, 0.5) is 0 Å². The van der Waals surface area contributed by atoms with Crippen molar-refractivity contribution in [1.29, 1.82) is 0 Å². The van der Waals surface area contributed by atoms with E-state index in [1.807, 2.05) is 18.2 Å². The van der Waals surface area contributed by atoms with E-state index in [9.17, 15) is 4.79 Å². The van der Waals surface area contributed by atoms with Crippen molar-refractivity contribution >= 4 is 0 Å². The van der Waals surface area contributed by atoms with Crippen molar-refractivity contribution in [3.05, 3.63) is 40.2 Å². The monoisotopic (exact) mass is 371 g/mol. The minimum absolute atomic E-state index is 0.0596. The van der Waals surface area contributed by atoms with E-state index in [1.165, 1.54) is 0 Å². The molecular formula is C21H25NO5. The number of hydrogen-bond acceptors (Lipinski definition) is 5. The van der Waals surface area contributed by atoms with Gasteiger partial charge in [0.15, 0.2) is 0 Å². The van der Waals surface area contributed by atoms with Gasteiger partial charge in [-0.05, 0) is 37.3 Å². The molecule has 0 N–H and O–H groups in total. The van der Waals surface area contributed by atoms with Gasteiger partial charge in [0.05, 0.1) is 26.0 Å². The van der Waals surface area contributed by atoms with Crippen molar-refractivity contribution in [2.24, 2.45) is 0 Å². The van der Waals surface area contributed by atoms with Gasteiger partial charge in [-0.25, -0.2) is 0 Å². The lowest BCUT2D eigenvalue weighted by molar-refractivity contribution is -0.0111. The fourth-order valence-corrected chi connectivity index (χ4v) is 3.87. The van der Waals surface area contributed by atoms with Crippen molar-refractivity contribution in [1.82, 2.24) is 4.57 Å². The molecule has 0 radical (unpaired) electrons. The van der Waals surface area contributed by atoms with Crippen molar-refractivity contribution < 1.29 is 18.9 Å². The van der Waals surface area contributed by atoms with Crippen LogP contribution in [-0.2, 0) is 17.7 Å². The number of nitrogens with zero attached hydrogens (tertiary/aromatic N) is 1. The van der Waals surface area contributed by atoms with E-state index >= 15 is 0 Å². The summed E-state index contributed by atoms with van der Waals surface area (Å²) in [5.41, 5.74) is 2.80. The Labute approximate surface area is 158 Å². The van der Waals surface area contributed by atoms with E-state index in [0.717, 1.165) is 54.9 Å². The Morgan fingerprint density at radius 1 is 1.11 bits per heavy atom. The summed E-state index contributed by atoms with van der Waals surface area (Å²) in [5.74, 6) is 2.03. The maximum absolute atomic E-state index is 12.7. The van der Waals surface area contributed by atoms with Gasteiger partial charge >= 0.3 is 0 Å². The second-order valence-electron chi connectivity index (χ2n) is 6.98. The molecule has 2 aliphatic heterocycles. The van der Waals surface area contributed by atoms with Crippen LogP contribution in [0.1, 0.15) is 24.8 Å². The SMILES string of the molecule is COc1cc2c(c(OC)c1)-c1cc(OCC3CCCCO3)cc(=O)n1CC2. The van der Waals surface area contributed by atoms with Gasteiger partial charge in [-0.15, -0.1) is 0 Å². The van der Waals surface area contributed by atoms with Crippen LogP contribution in [0.15, 0.2) is 29.1 Å². The number of aryl methyl sites for hydroxylation is 1. The second-order valence-corrected chi connectivity index (χ2v) is 6.98. The molecule has 1 aromatic carbocycles. The van der Waals surface area contributed by atoms with Crippen molar-refractivity contribution in [2.75, 3.05) is 27.4 Å². The topological polar surface area (TPSA) is 58.9 Å². The number of pyridine rings is 1. The molecule has 2 aromatic rings. The van der Waals surface area contributed by atoms with Crippen molar-refractivity contribution in [3.63, 3.8) is 0 Å². The van der Waals surface area contributed by atoms with E-state index in [4.69, 9.17) is 18.9 Å². The Hall–Kier alpha value is -2.47. The average Bonchev–Trinajstić information content (AvgIpc) is 2.71. The van der Waals surface area contributed by atoms with Gasteiger partial charge in [0.1, 0.15) is 23.9 Å². The molecular weight excluding hydrogens is 346 g/mol. The molecule has 2 aliphatic rings. The predicted octanol–water partition coefficient (Wildman–Crippen LogP) is 3.04. The van der Waals surface area contributed by atoms with Crippen molar-refractivity contribution in [3.8, 4) is 28.5 Å². The fourth-order valence-electron chi connectivity index (χ4n) is 3.87. The zero-order valence-corrected chi connectivity index (χ0v) is 15.8. The van der Waals surface area contributed by atoms with Gasteiger partial charge in [0.2, 0.25) is 0 Å². The van der Waals surface area contributed by atoms with Gasteiger partial charge in [-0.1, -0.05) is 0 Å². The molecule has 1 atom stereocenters. The number of hydrogen-bond donors (Lipinski definition) is 0. The molecule has 144 valence electrons. The molecule has 1 aromatic heterocycles.